The number of amides is 2. The van der Waals surface area contributed by atoms with Crippen LogP contribution in [0.3, 0.4) is 0 Å². The Hall–Kier alpha value is -2.47. The van der Waals surface area contributed by atoms with Gasteiger partial charge < -0.3 is 10.2 Å². The van der Waals surface area contributed by atoms with Gasteiger partial charge in [0.1, 0.15) is 6.04 Å². The second-order valence-corrected chi connectivity index (χ2v) is 6.72. The highest BCUT2D eigenvalue weighted by Crippen LogP contribution is 2.20. The molecule has 1 aromatic carbocycles. The Bertz CT molecular complexity index is 755. The lowest BCUT2D eigenvalue weighted by atomic mass is 10.0. The van der Waals surface area contributed by atoms with Gasteiger partial charge in [0.25, 0.3) is 0 Å². The van der Waals surface area contributed by atoms with E-state index in [2.05, 4.69) is 10.3 Å². The number of nitrogens with one attached hydrogen (secondary N) is 1. The van der Waals surface area contributed by atoms with Crippen molar-refractivity contribution in [3.8, 4) is 0 Å². The van der Waals surface area contributed by atoms with Crippen LogP contribution in [-0.2, 0) is 9.59 Å². The van der Waals surface area contributed by atoms with Crippen LogP contribution in [0.15, 0.2) is 41.8 Å². The molecule has 1 atom stereocenters. The van der Waals surface area contributed by atoms with Gasteiger partial charge in [-0.15, -0.1) is 11.3 Å². The smallest absolute Gasteiger partial charge is 0.249 e. The summed E-state index contributed by atoms with van der Waals surface area (Å²) in [5.41, 5.74) is 1.63. The monoisotopic (exact) mass is 341 g/mol. The van der Waals surface area contributed by atoms with Crippen molar-refractivity contribution in [3.05, 3.63) is 52.5 Å². The highest BCUT2D eigenvalue weighted by atomic mass is 32.1. The third-order valence-corrected chi connectivity index (χ3v) is 4.66. The van der Waals surface area contributed by atoms with E-state index in [0.717, 1.165) is 22.8 Å². The predicted molar refractivity (Wildman–Crippen MR) is 95.8 cm³/mol. The van der Waals surface area contributed by atoms with Crippen LogP contribution in [0.2, 0.25) is 0 Å². The number of carbonyl (C=O) groups is 2. The summed E-state index contributed by atoms with van der Waals surface area (Å²) in [5, 5.41) is 5.65. The van der Waals surface area contributed by atoms with Crippen LogP contribution in [0.1, 0.15) is 23.5 Å². The molecule has 124 valence electrons. The highest BCUT2D eigenvalue weighted by molar-refractivity contribution is 7.09. The van der Waals surface area contributed by atoms with Gasteiger partial charge in [-0.2, -0.15) is 0 Å². The van der Waals surface area contributed by atoms with Crippen molar-refractivity contribution in [2.24, 2.45) is 0 Å². The molecular formula is C18H19N3O2S. The minimum absolute atomic E-state index is 0.0568. The number of nitrogens with zero attached hydrogens (tertiary/aromatic N) is 2. The Morgan fingerprint density at radius 3 is 2.88 bits per heavy atom. The van der Waals surface area contributed by atoms with Gasteiger partial charge in [0.2, 0.25) is 11.8 Å². The lowest BCUT2D eigenvalue weighted by Crippen LogP contribution is -2.52. The molecule has 5 nitrogen and oxygen atoms in total. The number of anilines is 1. The van der Waals surface area contributed by atoms with Crippen molar-refractivity contribution in [3.63, 3.8) is 0 Å². The van der Waals surface area contributed by atoms with Crippen molar-refractivity contribution in [1.82, 2.24) is 10.3 Å². The zero-order chi connectivity index (χ0) is 16.9. The Labute approximate surface area is 145 Å². The maximum atomic E-state index is 12.6. The molecule has 2 amide bonds. The maximum absolute atomic E-state index is 12.6. The topological polar surface area (TPSA) is 62.3 Å². The van der Waals surface area contributed by atoms with Gasteiger partial charge >= 0.3 is 0 Å². The van der Waals surface area contributed by atoms with Gasteiger partial charge in [-0.3, -0.25) is 9.59 Å². The van der Waals surface area contributed by atoms with Crippen LogP contribution < -0.4 is 10.2 Å². The van der Waals surface area contributed by atoms with Gasteiger partial charge in [-0.25, -0.2) is 4.98 Å². The number of aryl methyl sites for hydroxylation is 1. The van der Waals surface area contributed by atoms with Gasteiger partial charge in [-0.05, 0) is 38.0 Å². The van der Waals surface area contributed by atoms with E-state index < -0.39 is 6.04 Å². The van der Waals surface area contributed by atoms with Crippen molar-refractivity contribution in [2.75, 3.05) is 11.4 Å². The quantitative estimate of drug-likeness (QED) is 0.870. The minimum atomic E-state index is -0.478. The molecule has 0 aliphatic carbocycles. The van der Waals surface area contributed by atoms with E-state index in [0.29, 0.717) is 13.0 Å². The van der Waals surface area contributed by atoms with Crippen LogP contribution in [0, 0.1) is 6.92 Å². The molecule has 24 heavy (non-hydrogen) atoms. The summed E-state index contributed by atoms with van der Waals surface area (Å²) in [6.45, 7) is 2.60. The second kappa shape index (κ2) is 7.40. The molecule has 0 saturated carbocycles. The first-order chi connectivity index (χ1) is 11.6. The van der Waals surface area contributed by atoms with E-state index in [1.54, 1.807) is 11.0 Å². The highest BCUT2D eigenvalue weighted by Gasteiger charge is 2.30. The lowest BCUT2D eigenvalue weighted by Gasteiger charge is -2.32. The van der Waals surface area contributed by atoms with Crippen molar-refractivity contribution in [1.29, 1.82) is 0 Å². The molecule has 1 aliphatic rings. The van der Waals surface area contributed by atoms with Crippen LogP contribution >= 0.6 is 11.3 Å². The molecule has 2 aromatic rings. The molecule has 0 radical (unpaired) electrons. The average molecular weight is 341 g/mol. The minimum Gasteiger partial charge on any atom is -0.341 e. The normalized spacial score (nSPS) is 18.1. The molecule has 0 spiro atoms. The fourth-order valence-electron chi connectivity index (χ4n) is 2.71. The number of thiazole rings is 1. The summed E-state index contributed by atoms with van der Waals surface area (Å²) < 4.78 is 0. The predicted octanol–water partition coefficient (Wildman–Crippen LogP) is 2.78. The van der Waals surface area contributed by atoms with Crippen LogP contribution in [0.4, 0.5) is 5.69 Å². The van der Waals surface area contributed by atoms with E-state index >= 15 is 0 Å². The van der Waals surface area contributed by atoms with Crippen LogP contribution in [0.5, 0.6) is 0 Å². The maximum Gasteiger partial charge on any atom is 0.249 e. The van der Waals surface area contributed by atoms with E-state index in [4.69, 9.17) is 0 Å². The number of hydrogen-bond acceptors (Lipinski definition) is 4. The summed E-state index contributed by atoms with van der Waals surface area (Å²) >= 11 is 1.54. The Kier molecular flexibility index (Phi) is 5.05. The lowest BCUT2D eigenvalue weighted by molar-refractivity contribution is -0.126. The molecule has 0 bridgehead atoms. The number of benzene rings is 1. The van der Waals surface area contributed by atoms with Crippen molar-refractivity contribution >= 4 is 34.9 Å². The first-order valence-electron chi connectivity index (χ1n) is 7.90. The zero-order valence-corrected chi connectivity index (χ0v) is 14.3. The molecule has 1 aromatic heterocycles. The molecular weight excluding hydrogens is 322 g/mol. The van der Waals surface area contributed by atoms with Crippen molar-refractivity contribution in [2.45, 2.75) is 25.8 Å². The Morgan fingerprint density at radius 1 is 1.38 bits per heavy atom. The molecule has 1 fully saturated rings. The van der Waals surface area contributed by atoms with Crippen LogP contribution in [0.25, 0.3) is 6.08 Å². The molecule has 6 heteroatoms. The molecule has 1 N–H and O–H groups in total. The largest absolute Gasteiger partial charge is 0.341 e. The Balaban J connectivity index is 1.63. The van der Waals surface area contributed by atoms with Gasteiger partial charge in [0.05, 0.1) is 10.7 Å². The summed E-state index contributed by atoms with van der Waals surface area (Å²) in [6.07, 6.45) is 4.63. The average Bonchev–Trinajstić information content (AvgIpc) is 3.01. The van der Waals surface area contributed by atoms with Gasteiger partial charge in [0.15, 0.2) is 0 Å². The molecule has 1 saturated heterocycles. The number of piperidine rings is 1. The molecule has 3 rings (SSSR count). The van der Waals surface area contributed by atoms with E-state index in [9.17, 15) is 9.59 Å². The first-order valence-corrected chi connectivity index (χ1v) is 8.78. The summed E-state index contributed by atoms with van der Waals surface area (Å²) in [7, 11) is 0. The third kappa shape index (κ3) is 3.89. The van der Waals surface area contributed by atoms with E-state index in [-0.39, 0.29) is 11.8 Å². The SMILES string of the molecule is Cc1nc(/C=C/C(=O)N[C@H]2CCCN(c3ccccc3)C2=O)cs1. The molecule has 0 unspecified atom stereocenters. The van der Waals surface area contributed by atoms with E-state index in [1.165, 1.54) is 17.4 Å². The van der Waals surface area contributed by atoms with Gasteiger partial charge in [-0.1, -0.05) is 18.2 Å². The summed E-state index contributed by atoms with van der Waals surface area (Å²) in [6, 6.07) is 9.07. The number of para-hydroxylation sites is 1. The third-order valence-electron chi connectivity index (χ3n) is 3.87. The summed E-state index contributed by atoms with van der Waals surface area (Å²) in [5.74, 6) is -0.326. The number of hydrogen-bond donors (Lipinski definition) is 1. The first kappa shape index (κ1) is 16.4. The number of rotatable bonds is 4. The number of aromatic nitrogens is 1. The Morgan fingerprint density at radius 2 is 2.17 bits per heavy atom. The zero-order valence-electron chi connectivity index (χ0n) is 13.4. The molecule has 1 aliphatic heterocycles. The standard InChI is InChI=1S/C18H19N3O2S/c1-13-19-14(12-24-13)9-10-17(22)20-16-8-5-11-21(18(16)23)15-6-3-2-4-7-15/h2-4,6-7,9-10,12,16H,5,8,11H2,1H3,(H,20,22)/b10-9+/t16-/m0/s1. The van der Waals surface area contributed by atoms with Gasteiger partial charge in [0, 0.05) is 23.7 Å². The van der Waals surface area contributed by atoms with Crippen molar-refractivity contribution < 1.29 is 9.59 Å². The second-order valence-electron chi connectivity index (χ2n) is 5.65. The number of carbonyl (C=O) groups excluding carboxylic acids is 2. The van der Waals surface area contributed by atoms with E-state index in [1.807, 2.05) is 42.6 Å². The van der Waals surface area contributed by atoms with Crippen LogP contribution in [-0.4, -0.2) is 29.4 Å². The summed E-state index contributed by atoms with van der Waals surface area (Å²) in [4.78, 5) is 30.7. The molecule has 2 heterocycles. The fourth-order valence-corrected chi connectivity index (χ4v) is 3.29. The fraction of sp³-hybridized carbons (Fsp3) is 0.278.